The van der Waals surface area contributed by atoms with Crippen LogP contribution in [0.15, 0.2) is 65.3 Å². The number of nitrogens with zero attached hydrogens (tertiary/aromatic N) is 5. The molecule has 1 unspecified atom stereocenters. The van der Waals surface area contributed by atoms with Gasteiger partial charge in [-0.3, -0.25) is 4.79 Å². The van der Waals surface area contributed by atoms with Crippen LogP contribution in [-0.2, 0) is 4.79 Å². The monoisotopic (exact) mass is 436 g/mol. The van der Waals surface area contributed by atoms with Gasteiger partial charge in [0.25, 0.3) is 0 Å². The van der Waals surface area contributed by atoms with Crippen molar-refractivity contribution in [2.24, 2.45) is 0 Å². The van der Waals surface area contributed by atoms with Crippen molar-refractivity contribution in [2.75, 3.05) is 5.75 Å². The molecule has 0 fully saturated rings. The highest BCUT2D eigenvalue weighted by atomic mass is 32.2. The average Bonchev–Trinajstić information content (AvgIpc) is 3.43. The highest BCUT2D eigenvalue weighted by Gasteiger charge is 2.20. The van der Waals surface area contributed by atoms with Crippen LogP contribution in [-0.4, -0.2) is 36.9 Å². The highest BCUT2D eigenvalue weighted by Crippen LogP contribution is 2.26. The van der Waals surface area contributed by atoms with Crippen LogP contribution >= 0.6 is 23.1 Å². The summed E-state index contributed by atoms with van der Waals surface area (Å²) in [6.07, 6.45) is 1.75. The molecule has 0 spiro atoms. The molecule has 2 heterocycles. The Balaban J connectivity index is 1.49. The van der Waals surface area contributed by atoms with E-state index in [1.807, 2.05) is 67.8 Å². The third kappa shape index (κ3) is 4.42. The molecule has 0 saturated heterocycles. The molecule has 0 saturated carbocycles. The molecule has 2 aromatic carbocycles. The first-order valence-corrected chi connectivity index (χ1v) is 11.2. The van der Waals surface area contributed by atoms with Crippen LogP contribution in [0.1, 0.15) is 27.7 Å². The molecule has 2 aromatic heterocycles. The Morgan fingerprint density at radius 3 is 2.60 bits per heavy atom. The smallest absolute Gasteiger partial charge is 0.231 e. The number of carbonyl (C=O) groups is 1. The minimum Gasteiger partial charge on any atom is -0.342 e. The number of para-hydroxylation sites is 1. The van der Waals surface area contributed by atoms with Crippen LogP contribution in [0.3, 0.4) is 0 Å². The fourth-order valence-corrected chi connectivity index (χ4v) is 4.59. The van der Waals surface area contributed by atoms with E-state index in [1.165, 1.54) is 23.1 Å². The molecule has 0 aliphatic rings. The van der Waals surface area contributed by atoms with Gasteiger partial charge in [-0.05, 0) is 41.0 Å². The Morgan fingerprint density at radius 2 is 1.90 bits per heavy atom. The van der Waals surface area contributed by atoms with Gasteiger partial charge in [0.15, 0.2) is 0 Å². The van der Waals surface area contributed by atoms with Crippen LogP contribution in [0.4, 0.5) is 0 Å². The Bertz CT molecular complexity index is 1110. The minimum atomic E-state index is -0.283. The molecule has 0 bridgehead atoms. The number of hydrogen-bond donors (Lipinski definition) is 1. The fourth-order valence-electron chi connectivity index (χ4n) is 3.19. The van der Waals surface area contributed by atoms with Crippen LogP contribution in [0.25, 0.3) is 5.69 Å². The summed E-state index contributed by atoms with van der Waals surface area (Å²) >= 11 is 2.82. The van der Waals surface area contributed by atoms with E-state index < -0.39 is 0 Å². The van der Waals surface area contributed by atoms with E-state index in [-0.39, 0.29) is 17.7 Å². The van der Waals surface area contributed by atoms with Crippen molar-refractivity contribution in [1.82, 2.24) is 30.5 Å². The summed E-state index contributed by atoms with van der Waals surface area (Å²) in [4.78, 5) is 17.2. The van der Waals surface area contributed by atoms with Crippen LogP contribution in [0.2, 0.25) is 0 Å². The lowest BCUT2D eigenvalue weighted by Gasteiger charge is -2.17. The molecule has 4 rings (SSSR count). The maximum atomic E-state index is 12.8. The average molecular weight is 437 g/mol. The zero-order valence-corrected chi connectivity index (χ0v) is 18.2. The standard InChI is InChI=1S/C21H20N6OS2/c1-14-7-6-8-15(2)19(14)27-21(24-25-26-27)30-13-17(28)23-18(20-22-11-12-29-20)16-9-4-3-5-10-16/h3-12,18H,13H2,1-2H3,(H,23,28). The van der Waals surface area contributed by atoms with Gasteiger partial charge in [0.2, 0.25) is 11.1 Å². The summed E-state index contributed by atoms with van der Waals surface area (Å²) in [6, 6.07) is 15.6. The van der Waals surface area contributed by atoms with Crippen molar-refractivity contribution in [3.8, 4) is 5.69 Å². The van der Waals surface area contributed by atoms with E-state index in [1.54, 1.807) is 10.9 Å². The van der Waals surface area contributed by atoms with Crippen LogP contribution in [0.5, 0.6) is 0 Å². The van der Waals surface area contributed by atoms with Gasteiger partial charge in [-0.15, -0.1) is 16.4 Å². The third-order valence-electron chi connectivity index (χ3n) is 4.56. The molecule has 0 aliphatic carbocycles. The molecular weight excluding hydrogens is 416 g/mol. The molecule has 30 heavy (non-hydrogen) atoms. The predicted molar refractivity (Wildman–Crippen MR) is 118 cm³/mol. The second-order valence-electron chi connectivity index (χ2n) is 6.68. The van der Waals surface area contributed by atoms with Gasteiger partial charge in [-0.25, -0.2) is 4.98 Å². The summed E-state index contributed by atoms with van der Waals surface area (Å²) in [5, 5.41) is 18.5. The summed E-state index contributed by atoms with van der Waals surface area (Å²) < 4.78 is 1.69. The molecule has 1 amide bonds. The van der Waals surface area contributed by atoms with E-state index in [2.05, 4.69) is 25.8 Å². The third-order valence-corrected chi connectivity index (χ3v) is 6.32. The van der Waals surface area contributed by atoms with Gasteiger partial charge < -0.3 is 5.32 Å². The molecule has 9 heteroatoms. The molecule has 0 radical (unpaired) electrons. The largest absolute Gasteiger partial charge is 0.342 e. The second kappa shape index (κ2) is 9.19. The van der Waals surface area contributed by atoms with Gasteiger partial charge in [0.05, 0.1) is 11.4 Å². The number of hydrogen-bond acceptors (Lipinski definition) is 7. The first-order valence-electron chi connectivity index (χ1n) is 9.35. The summed E-state index contributed by atoms with van der Waals surface area (Å²) in [5.74, 6) is 0.0834. The van der Waals surface area contributed by atoms with Crippen molar-refractivity contribution in [1.29, 1.82) is 0 Å². The summed E-state index contributed by atoms with van der Waals surface area (Å²) in [5.41, 5.74) is 4.07. The van der Waals surface area contributed by atoms with Gasteiger partial charge in [0.1, 0.15) is 11.0 Å². The predicted octanol–water partition coefficient (Wildman–Crippen LogP) is 3.73. The van der Waals surface area contributed by atoms with Crippen LogP contribution in [0, 0.1) is 13.8 Å². The number of amides is 1. The van der Waals surface area contributed by atoms with E-state index >= 15 is 0 Å². The normalized spacial score (nSPS) is 11.9. The van der Waals surface area contributed by atoms with E-state index in [0.29, 0.717) is 5.16 Å². The lowest BCUT2D eigenvalue weighted by molar-refractivity contribution is -0.119. The summed E-state index contributed by atoms with van der Waals surface area (Å²) in [7, 11) is 0. The second-order valence-corrected chi connectivity index (χ2v) is 8.55. The minimum absolute atomic E-state index is 0.111. The molecule has 0 aliphatic heterocycles. The quantitative estimate of drug-likeness (QED) is 0.444. The number of aryl methyl sites for hydroxylation is 2. The van der Waals surface area contributed by atoms with Crippen molar-refractivity contribution in [3.05, 3.63) is 81.8 Å². The number of carbonyl (C=O) groups excluding carboxylic acids is 1. The van der Waals surface area contributed by atoms with Gasteiger partial charge in [-0.2, -0.15) is 4.68 Å². The Hall–Kier alpha value is -3.04. The Morgan fingerprint density at radius 1 is 1.13 bits per heavy atom. The van der Waals surface area contributed by atoms with Crippen molar-refractivity contribution in [3.63, 3.8) is 0 Å². The zero-order chi connectivity index (χ0) is 20.9. The van der Waals surface area contributed by atoms with E-state index in [9.17, 15) is 4.79 Å². The molecule has 1 N–H and O–H groups in total. The Kier molecular flexibility index (Phi) is 6.20. The van der Waals surface area contributed by atoms with Crippen molar-refractivity contribution >= 4 is 29.0 Å². The SMILES string of the molecule is Cc1cccc(C)c1-n1nnnc1SCC(=O)NC(c1ccccc1)c1nccs1. The van der Waals surface area contributed by atoms with Crippen molar-refractivity contribution < 1.29 is 4.79 Å². The van der Waals surface area contributed by atoms with E-state index in [4.69, 9.17) is 0 Å². The maximum Gasteiger partial charge on any atom is 0.231 e. The van der Waals surface area contributed by atoms with E-state index in [0.717, 1.165) is 27.4 Å². The molecule has 1 atom stereocenters. The lowest BCUT2D eigenvalue weighted by atomic mass is 10.1. The van der Waals surface area contributed by atoms with Crippen LogP contribution < -0.4 is 5.32 Å². The number of thiazole rings is 1. The number of nitrogens with one attached hydrogen (secondary N) is 1. The number of thioether (sulfide) groups is 1. The topological polar surface area (TPSA) is 85.6 Å². The lowest BCUT2D eigenvalue weighted by Crippen LogP contribution is -2.30. The highest BCUT2D eigenvalue weighted by molar-refractivity contribution is 7.99. The number of rotatable bonds is 7. The van der Waals surface area contributed by atoms with Gasteiger partial charge >= 0.3 is 0 Å². The number of benzene rings is 2. The molecule has 7 nitrogen and oxygen atoms in total. The Labute approximate surface area is 182 Å². The first-order chi connectivity index (χ1) is 14.6. The maximum absolute atomic E-state index is 12.8. The molecule has 4 aromatic rings. The van der Waals surface area contributed by atoms with Crippen molar-refractivity contribution in [2.45, 2.75) is 25.0 Å². The zero-order valence-electron chi connectivity index (χ0n) is 16.5. The fraction of sp³-hybridized carbons (Fsp3) is 0.190. The number of tetrazole rings is 1. The number of aromatic nitrogens is 5. The first kappa shape index (κ1) is 20.2. The van der Waals surface area contributed by atoms with Gasteiger partial charge in [0, 0.05) is 11.6 Å². The van der Waals surface area contributed by atoms with Gasteiger partial charge in [-0.1, -0.05) is 60.3 Å². The molecule has 152 valence electrons. The molecular formula is C21H20N6OS2. The summed E-state index contributed by atoms with van der Waals surface area (Å²) in [6.45, 7) is 4.04.